The molecule has 0 saturated carbocycles. The zero-order valence-corrected chi connectivity index (χ0v) is 11.8. The topological polar surface area (TPSA) is 71.7 Å². The molecule has 1 atom stereocenters. The van der Waals surface area contributed by atoms with E-state index in [-0.39, 0.29) is 12.3 Å². The van der Waals surface area contributed by atoms with Gasteiger partial charge in [0.2, 0.25) is 0 Å². The number of nitrogens with one attached hydrogen (secondary N) is 1. The number of carbonyl (C=O) groups excluding carboxylic acids is 1. The lowest BCUT2D eigenvalue weighted by molar-refractivity contribution is -0.124. The van der Waals surface area contributed by atoms with Crippen molar-refractivity contribution in [2.75, 3.05) is 13.2 Å². The number of halogens is 2. The first-order valence-electron chi connectivity index (χ1n) is 6.49. The predicted molar refractivity (Wildman–Crippen MR) is 73.1 cm³/mol. The van der Waals surface area contributed by atoms with Gasteiger partial charge < -0.3 is 19.6 Å². The number of hydrogen-bond donors (Lipinski definition) is 2. The summed E-state index contributed by atoms with van der Waals surface area (Å²) in [7, 11) is 0. The highest BCUT2D eigenvalue weighted by atomic mass is 19.1. The second kappa shape index (κ2) is 6.57. The van der Waals surface area contributed by atoms with Gasteiger partial charge in [-0.15, -0.1) is 0 Å². The Morgan fingerprint density at radius 1 is 1.41 bits per heavy atom. The first-order chi connectivity index (χ1) is 10.4. The van der Waals surface area contributed by atoms with Crippen LogP contribution in [0.2, 0.25) is 0 Å². The number of carbonyl (C=O) groups is 1. The third-order valence-electron chi connectivity index (χ3n) is 2.93. The minimum atomic E-state index is -1.37. The van der Waals surface area contributed by atoms with Crippen molar-refractivity contribution in [1.29, 1.82) is 0 Å². The SMILES string of the molecule is CC(O)(CNC(=O)COc1ccc(F)cc1F)c1ccco1. The molecule has 0 radical (unpaired) electrons. The summed E-state index contributed by atoms with van der Waals surface area (Å²) in [5.41, 5.74) is -1.37. The normalized spacial score (nSPS) is 13.5. The highest BCUT2D eigenvalue weighted by molar-refractivity contribution is 5.77. The molecule has 2 rings (SSSR count). The molecule has 7 heteroatoms. The standard InChI is InChI=1S/C15H15F2NO4/c1-15(20,13-3-2-6-21-13)9-18-14(19)8-22-12-5-4-10(16)7-11(12)17/h2-7,20H,8-9H2,1H3,(H,18,19). The van der Waals surface area contributed by atoms with Crippen LogP contribution >= 0.6 is 0 Å². The maximum atomic E-state index is 13.3. The second-order valence-electron chi connectivity index (χ2n) is 4.89. The molecule has 1 unspecified atom stereocenters. The number of furan rings is 1. The Hall–Kier alpha value is -2.41. The van der Waals surface area contributed by atoms with E-state index in [0.29, 0.717) is 11.8 Å². The molecule has 0 saturated heterocycles. The zero-order valence-electron chi connectivity index (χ0n) is 11.8. The molecule has 1 amide bonds. The molecular formula is C15H15F2NO4. The molecule has 118 valence electrons. The molecule has 0 aliphatic rings. The van der Waals surface area contributed by atoms with Crippen molar-refractivity contribution in [3.05, 3.63) is 54.0 Å². The number of aliphatic hydroxyl groups is 1. The largest absolute Gasteiger partial charge is 0.481 e. The second-order valence-corrected chi connectivity index (χ2v) is 4.89. The van der Waals surface area contributed by atoms with E-state index in [2.05, 4.69) is 5.32 Å². The average Bonchev–Trinajstić information content (AvgIpc) is 2.99. The van der Waals surface area contributed by atoms with E-state index in [1.54, 1.807) is 12.1 Å². The molecule has 2 aromatic rings. The van der Waals surface area contributed by atoms with Crippen LogP contribution < -0.4 is 10.1 Å². The molecule has 0 bridgehead atoms. The molecule has 1 heterocycles. The van der Waals surface area contributed by atoms with E-state index in [9.17, 15) is 18.7 Å². The van der Waals surface area contributed by atoms with E-state index in [4.69, 9.17) is 9.15 Å². The lowest BCUT2D eigenvalue weighted by Gasteiger charge is -2.21. The summed E-state index contributed by atoms with van der Waals surface area (Å²) in [4.78, 5) is 11.6. The fraction of sp³-hybridized carbons (Fsp3) is 0.267. The van der Waals surface area contributed by atoms with Crippen molar-refractivity contribution < 1.29 is 27.8 Å². The van der Waals surface area contributed by atoms with Gasteiger partial charge in [0.1, 0.15) is 17.2 Å². The molecule has 0 aliphatic carbocycles. The van der Waals surface area contributed by atoms with E-state index < -0.39 is 29.7 Å². The first kappa shape index (κ1) is 16.0. The van der Waals surface area contributed by atoms with Crippen LogP contribution in [0.5, 0.6) is 5.75 Å². The highest BCUT2D eigenvalue weighted by Gasteiger charge is 2.26. The summed E-state index contributed by atoms with van der Waals surface area (Å²) in [6.07, 6.45) is 1.41. The van der Waals surface area contributed by atoms with E-state index in [1.165, 1.54) is 13.2 Å². The molecule has 0 fully saturated rings. The average molecular weight is 311 g/mol. The van der Waals surface area contributed by atoms with Crippen LogP contribution in [0, 0.1) is 11.6 Å². The number of amides is 1. The summed E-state index contributed by atoms with van der Waals surface area (Å²) >= 11 is 0. The van der Waals surface area contributed by atoms with Crippen LogP contribution in [-0.2, 0) is 10.4 Å². The number of ether oxygens (including phenoxy) is 1. The van der Waals surface area contributed by atoms with Crippen LogP contribution in [0.3, 0.4) is 0 Å². The summed E-state index contributed by atoms with van der Waals surface area (Å²) in [6.45, 7) is 0.915. The highest BCUT2D eigenvalue weighted by Crippen LogP contribution is 2.20. The van der Waals surface area contributed by atoms with Gasteiger partial charge >= 0.3 is 0 Å². The van der Waals surface area contributed by atoms with E-state index in [0.717, 1.165) is 12.1 Å². The number of benzene rings is 1. The van der Waals surface area contributed by atoms with Gasteiger partial charge in [0.25, 0.3) is 5.91 Å². The maximum Gasteiger partial charge on any atom is 0.258 e. The Morgan fingerprint density at radius 3 is 2.82 bits per heavy atom. The summed E-state index contributed by atoms with van der Waals surface area (Å²) in [5.74, 6) is -2.11. The maximum absolute atomic E-state index is 13.3. The first-order valence-corrected chi connectivity index (χ1v) is 6.49. The Balaban J connectivity index is 1.83. The fourth-order valence-corrected chi connectivity index (χ4v) is 1.73. The van der Waals surface area contributed by atoms with Gasteiger partial charge in [-0.05, 0) is 31.2 Å². The number of rotatable bonds is 6. The quantitative estimate of drug-likeness (QED) is 0.855. The van der Waals surface area contributed by atoms with Crippen molar-refractivity contribution in [2.24, 2.45) is 0 Å². The van der Waals surface area contributed by atoms with Gasteiger partial charge in [0.05, 0.1) is 12.8 Å². The van der Waals surface area contributed by atoms with Crippen molar-refractivity contribution in [3.63, 3.8) is 0 Å². The Bertz CT molecular complexity index is 641. The fourth-order valence-electron chi connectivity index (χ4n) is 1.73. The minimum Gasteiger partial charge on any atom is -0.481 e. The van der Waals surface area contributed by atoms with Crippen LogP contribution in [0.25, 0.3) is 0 Å². The molecule has 0 aliphatic heterocycles. The van der Waals surface area contributed by atoms with Crippen molar-refractivity contribution >= 4 is 5.91 Å². The van der Waals surface area contributed by atoms with Crippen molar-refractivity contribution in [2.45, 2.75) is 12.5 Å². The summed E-state index contributed by atoms with van der Waals surface area (Å²) in [5, 5.41) is 12.6. The van der Waals surface area contributed by atoms with Gasteiger partial charge in [-0.2, -0.15) is 0 Å². The van der Waals surface area contributed by atoms with E-state index in [1.807, 2.05) is 0 Å². The van der Waals surface area contributed by atoms with Gasteiger partial charge in [-0.3, -0.25) is 4.79 Å². The zero-order chi connectivity index (χ0) is 16.2. The monoisotopic (exact) mass is 311 g/mol. The molecule has 1 aromatic carbocycles. The lowest BCUT2D eigenvalue weighted by atomic mass is 10.0. The summed E-state index contributed by atoms with van der Waals surface area (Å²) in [6, 6.07) is 5.98. The van der Waals surface area contributed by atoms with Gasteiger partial charge in [0, 0.05) is 6.07 Å². The van der Waals surface area contributed by atoms with Crippen LogP contribution in [-0.4, -0.2) is 24.2 Å². The van der Waals surface area contributed by atoms with Crippen LogP contribution in [0.15, 0.2) is 41.0 Å². The Morgan fingerprint density at radius 2 is 2.18 bits per heavy atom. The molecular weight excluding hydrogens is 296 g/mol. The molecule has 0 spiro atoms. The van der Waals surface area contributed by atoms with Crippen LogP contribution in [0.4, 0.5) is 8.78 Å². The van der Waals surface area contributed by atoms with E-state index >= 15 is 0 Å². The Kier molecular flexibility index (Phi) is 4.77. The number of hydrogen-bond acceptors (Lipinski definition) is 4. The van der Waals surface area contributed by atoms with Gasteiger partial charge in [0.15, 0.2) is 18.2 Å². The molecule has 1 aromatic heterocycles. The Labute approximate surface area is 125 Å². The van der Waals surface area contributed by atoms with Crippen LogP contribution in [0.1, 0.15) is 12.7 Å². The van der Waals surface area contributed by atoms with Gasteiger partial charge in [-0.1, -0.05) is 0 Å². The van der Waals surface area contributed by atoms with Crippen molar-refractivity contribution in [3.8, 4) is 5.75 Å². The summed E-state index contributed by atoms with van der Waals surface area (Å²) < 4.78 is 36.1. The predicted octanol–water partition coefficient (Wildman–Crippen LogP) is 1.96. The lowest BCUT2D eigenvalue weighted by Crippen LogP contribution is -2.40. The van der Waals surface area contributed by atoms with Gasteiger partial charge in [-0.25, -0.2) is 8.78 Å². The molecule has 5 nitrogen and oxygen atoms in total. The minimum absolute atomic E-state index is 0.103. The van der Waals surface area contributed by atoms with Crippen molar-refractivity contribution in [1.82, 2.24) is 5.32 Å². The molecule has 22 heavy (non-hydrogen) atoms. The molecule has 2 N–H and O–H groups in total. The smallest absolute Gasteiger partial charge is 0.258 e. The third-order valence-corrected chi connectivity index (χ3v) is 2.93. The third kappa shape index (κ3) is 4.05.